The van der Waals surface area contributed by atoms with Gasteiger partial charge in [-0.15, -0.1) is 0 Å². The normalized spacial score (nSPS) is 19.8. The Balaban J connectivity index is 1.30. The predicted molar refractivity (Wildman–Crippen MR) is 113 cm³/mol. The minimum atomic E-state index is -0.293. The van der Waals surface area contributed by atoms with Crippen LogP contribution in [-0.2, 0) is 9.59 Å². The van der Waals surface area contributed by atoms with Crippen LogP contribution in [0.3, 0.4) is 0 Å². The second kappa shape index (κ2) is 8.73. The number of ether oxygens (including phenoxy) is 2. The number of nitrogens with zero attached hydrogens (tertiary/aromatic N) is 3. The summed E-state index contributed by atoms with van der Waals surface area (Å²) in [6.45, 7) is 3.67. The van der Waals surface area contributed by atoms with E-state index in [0.29, 0.717) is 19.6 Å². The standard InChI is InChI=1S/C23H27N3O4/c1-16-3-6-21(14-24-16)30-20-9-11-25(12-10-20)23(28)17-13-22(27)26(15-17)18-4-7-19(29-2)8-5-18/h3-8,14,17,20H,9-13,15H2,1-2H3. The number of pyridine rings is 1. The van der Waals surface area contributed by atoms with Crippen molar-refractivity contribution >= 4 is 17.5 Å². The molecule has 2 aliphatic rings. The highest BCUT2D eigenvalue weighted by molar-refractivity contribution is 6.00. The van der Waals surface area contributed by atoms with Gasteiger partial charge in [0, 0.05) is 50.3 Å². The predicted octanol–water partition coefficient (Wildman–Crippen LogP) is 2.82. The number of hydrogen-bond donors (Lipinski definition) is 0. The molecule has 1 aromatic carbocycles. The van der Waals surface area contributed by atoms with Gasteiger partial charge in [0.15, 0.2) is 0 Å². The summed E-state index contributed by atoms with van der Waals surface area (Å²) in [4.78, 5) is 33.3. The van der Waals surface area contributed by atoms with Crippen molar-refractivity contribution in [2.45, 2.75) is 32.3 Å². The molecule has 0 bridgehead atoms. The molecule has 1 unspecified atom stereocenters. The average molecular weight is 409 g/mol. The Morgan fingerprint density at radius 1 is 1.07 bits per heavy atom. The van der Waals surface area contributed by atoms with Crippen LogP contribution in [-0.4, -0.2) is 54.5 Å². The third-order valence-electron chi connectivity index (χ3n) is 5.80. The Hall–Kier alpha value is -3.09. The number of amides is 2. The van der Waals surface area contributed by atoms with Gasteiger partial charge in [0.25, 0.3) is 0 Å². The minimum absolute atomic E-state index is 0.0105. The van der Waals surface area contributed by atoms with E-state index in [-0.39, 0.29) is 30.3 Å². The molecule has 1 atom stereocenters. The summed E-state index contributed by atoms with van der Waals surface area (Å²) in [7, 11) is 1.61. The summed E-state index contributed by atoms with van der Waals surface area (Å²) in [6.07, 6.45) is 3.64. The topological polar surface area (TPSA) is 72.0 Å². The van der Waals surface area contributed by atoms with E-state index in [1.165, 1.54) is 0 Å². The van der Waals surface area contributed by atoms with Gasteiger partial charge in [-0.05, 0) is 43.3 Å². The Bertz CT molecular complexity index is 890. The Morgan fingerprint density at radius 3 is 2.40 bits per heavy atom. The Labute approximate surface area is 176 Å². The number of rotatable bonds is 5. The molecule has 2 fully saturated rings. The number of piperidine rings is 1. The maximum absolute atomic E-state index is 13.0. The van der Waals surface area contributed by atoms with E-state index in [1.807, 2.05) is 48.2 Å². The molecule has 2 aromatic rings. The number of benzene rings is 1. The molecule has 7 heteroatoms. The molecular formula is C23H27N3O4. The molecule has 158 valence electrons. The first-order valence-corrected chi connectivity index (χ1v) is 10.4. The molecule has 30 heavy (non-hydrogen) atoms. The van der Waals surface area contributed by atoms with Crippen LogP contribution >= 0.6 is 0 Å². The average Bonchev–Trinajstić information content (AvgIpc) is 3.17. The van der Waals surface area contributed by atoms with Crippen molar-refractivity contribution in [1.29, 1.82) is 0 Å². The summed E-state index contributed by atoms with van der Waals surface area (Å²) >= 11 is 0. The van der Waals surface area contributed by atoms with E-state index in [9.17, 15) is 9.59 Å². The highest BCUT2D eigenvalue weighted by atomic mass is 16.5. The van der Waals surface area contributed by atoms with Gasteiger partial charge in [0.05, 0.1) is 19.2 Å². The molecular weight excluding hydrogens is 382 g/mol. The first-order chi connectivity index (χ1) is 14.5. The van der Waals surface area contributed by atoms with Crippen molar-refractivity contribution in [3.05, 3.63) is 48.3 Å². The molecule has 0 saturated carbocycles. The van der Waals surface area contributed by atoms with Crippen LogP contribution in [0.5, 0.6) is 11.5 Å². The maximum atomic E-state index is 13.0. The van der Waals surface area contributed by atoms with E-state index in [4.69, 9.17) is 9.47 Å². The highest BCUT2D eigenvalue weighted by Crippen LogP contribution is 2.29. The molecule has 4 rings (SSSR count). The molecule has 1 aromatic heterocycles. The molecule has 0 aliphatic carbocycles. The second-order valence-electron chi connectivity index (χ2n) is 7.88. The highest BCUT2D eigenvalue weighted by Gasteiger charge is 2.38. The van der Waals surface area contributed by atoms with Crippen LogP contribution < -0.4 is 14.4 Å². The van der Waals surface area contributed by atoms with E-state index >= 15 is 0 Å². The van der Waals surface area contributed by atoms with E-state index in [2.05, 4.69) is 4.98 Å². The van der Waals surface area contributed by atoms with Gasteiger partial charge < -0.3 is 19.3 Å². The number of carbonyl (C=O) groups is 2. The molecule has 0 spiro atoms. The number of carbonyl (C=O) groups excluding carboxylic acids is 2. The van der Waals surface area contributed by atoms with Gasteiger partial charge in [0.2, 0.25) is 11.8 Å². The third-order valence-corrected chi connectivity index (χ3v) is 5.80. The van der Waals surface area contributed by atoms with Crippen LogP contribution in [0, 0.1) is 12.8 Å². The molecule has 0 N–H and O–H groups in total. The molecule has 2 saturated heterocycles. The summed E-state index contributed by atoms with van der Waals surface area (Å²) in [5, 5.41) is 0. The minimum Gasteiger partial charge on any atom is -0.497 e. The monoisotopic (exact) mass is 409 g/mol. The van der Waals surface area contributed by atoms with Gasteiger partial charge >= 0.3 is 0 Å². The summed E-state index contributed by atoms with van der Waals surface area (Å²) in [5.41, 5.74) is 1.76. The summed E-state index contributed by atoms with van der Waals surface area (Å²) < 4.78 is 11.2. The van der Waals surface area contributed by atoms with Crippen LogP contribution in [0.1, 0.15) is 25.0 Å². The fourth-order valence-electron chi connectivity index (χ4n) is 4.05. The van der Waals surface area contributed by atoms with Gasteiger partial charge in [0.1, 0.15) is 17.6 Å². The SMILES string of the molecule is COc1ccc(N2CC(C(=O)N3CCC(Oc4ccc(C)nc4)CC3)CC2=O)cc1. The van der Waals surface area contributed by atoms with Crippen molar-refractivity contribution in [1.82, 2.24) is 9.88 Å². The van der Waals surface area contributed by atoms with Crippen LogP contribution in [0.4, 0.5) is 5.69 Å². The van der Waals surface area contributed by atoms with E-state index in [0.717, 1.165) is 35.7 Å². The van der Waals surface area contributed by atoms with E-state index < -0.39 is 0 Å². The van der Waals surface area contributed by atoms with Crippen molar-refractivity contribution in [3.63, 3.8) is 0 Å². The van der Waals surface area contributed by atoms with Crippen molar-refractivity contribution in [3.8, 4) is 11.5 Å². The first-order valence-electron chi connectivity index (χ1n) is 10.4. The van der Waals surface area contributed by atoms with E-state index in [1.54, 1.807) is 18.2 Å². The van der Waals surface area contributed by atoms with Gasteiger partial charge in [-0.25, -0.2) is 0 Å². The third kappa shape index (κ3) is 4.40. The smallest absolute Gasteiger partial charge is 0.228 e. The quantitative estimate of drug-likeness (QED) is 0.759. The first kappa shape index (κ1) is 20.2. The lowest BCUT2D eigenvalue weighted by Crippen LogP contribution is -2.44. The molecule has 2 amide bonds. The number of methoxy groups -OCH3 is 1. The van der Waals surface area contributed by atoms with Crippen molar-refractivity contribution < 1.29 is 19.1 Å². The Morgan fingerprint density at radius 2 is 1.77 bits per heavy atom. The zero-order chi connectivity index (χ0) is 21.1. The molecule has 3 heterocycles. The fraction of sp³-hybridized carbons (Fsp3) is 0.435. The second-order valence-corrected chi connectivity index (χ2v) is 7.88. The molecule has 2 aliphatic heterocycles. The fourth-order valence-corrected chi connectivity index (χ4v) is 4.05. The van der Waals surface area contributed by atoms with Crippen LogP contribution in [0.2, 0.25) is 0 Å². The number of hydrogen-bond acceptors (Lipinski definition) is 5. The number of aryl methyl sites for hydroxylation is 1. The maximum Gasteiger partial charge on any atom is 0.228 e. The Kier molecular flexibility index (Phi) is 5.88. The summed E-state index contributed by atoms with van der Waals surface area (Å²) in [6, 6.07) is 11.2. The lowest BCUT2D eigenvalue weighted by atomic mass is 10.0. The van der Waals surface area contributed by atoms with Crippen LogP contribution in [0.15, 0.2) is 42.6 Å². The van der Waals surface area contributed by atoms with Crippen molar-refractivity contribution in [2.75, 3.05) is 31.6 Å². The summed E-state index contributed by atoms with van der Waals surface area (Å²) in [5.74, 6) is 1.27. The molecule has 7 nitrogen and oxygen atoms in total. The number of aromatic nitrogens is 1. The lowest BCUT2D eigenvalue weighted by molar-refractivity contribution is -0.137. The molecule has 0 radical (unpaired) electrons. The number of likely N-dealkylation sites (tertiary alicyclic amines) is 1. The zero-order valence-corrected chi connectivity index (χ0v) is 17.4. The van der Waals surface area contributed by atoms with Gasteiger partial charge in [-0.3, -0.25) is 14.6 Å². The largest absolute Gasteiger partial charge is 0.497 e. The van der Waals surface area contributed by atoms with Crippen LogP contribution in [0.25, 0.3) is 0 Å². The zero-order valence-electron chi connectivity index (χ0n) is 17.4. The number of anilines is 1. The van der Waals surface area contributed by atoms with Gasteiger partial charge in [-0.1, -0.05) is 0 Å². The lowest BCUT2D eigenvalue weighted by Gasteiger charge is -2.33. The van der Waals surface area contributed by atoms with Gasteiger partial charge in [-0.2, -0.15) is 0 Å². The van der Waals surface area contributed by atoms with Crippen molar-refractivity contribution in [2.24, 2.45) is 5.92 Å².